The van der Waals surface area contributed by atoms with Crippen LogP contribution in [0.2, 0.25) is 0 Å². The summed E-state index contributed by atoms with van der Waals surface area (Å²) in [6, 6.07) is 2.93. The molecule has 128 valence electrons. The highest BCUT2D eigenvalue weighted by atomic mass is 19.1. The van der Waals surface area contributed by atoms with Crippen molar-refractivity contribution in [2.24, 2.45) is 5.92 Å². The van der Waals surface area contributed by atoms with Gasteiger partial charge in [-0.15, -0.1) is 0 Å². The van der Waals surface area contributed by atoms with Crippen LogP contribution < -0.4 is 10.1 Å². The van der Waals surface area contributed by atoms with Crippen molar-refractivity contribution in [3.63, 3.8) is 0 Å². The van der Waals surface area contributed by atoms with Crippen LogP contribution in [0.3, 0.4) is 0 Å². The van der Waals surface area contributed by atoms with Gasteiger partial charge in [-0.3, -0.25) is 4.79 Å². The summed E-state index contributed by atoms with van der Waals surface area (Å²) in [6.45, 7) is 3.83. The van der Waals surface area contributed by atoms with E-state index in [9.17, 15) is 9.18 Å². The number of rotatable bonds is 8. The Balaban J connectivity index is 1.58. The Morgan fingerprint density at radius 3 is 2.78 bits per heavy atom. The molecule has 1 fully saturated rings. The first-order chi connectivity index (χ1) is 11.2. The zero-order valence-corrected chi connectivity index (χ0v) is 13.6. The number of ether oxygens (including phenoxy) is 2. The third kappa shape index (κ3) is 6.52. The molecule has 1 aromatic rings. The molecule has 2 rings (SSSR count). The van der Waals surface area contributed by atoms with Crippen LogP contribution in [0.25, 0.3) is 0 Å². The van der Waals surface area contributed by atoms with Crippen molar-refractivity contribution in [2.45, 2.75) is 45.1 Å². The number of halogens is 1. The lowest BCUT2D eigenvalue weighted by molar-refractivity contribution is -0.142. The molecule has 1 heterocycles. The topological polar surface area (TPSA) is 60.5 Å². The number of carbonyl (C=O) groups excluding carboxylic acids is 1. The number of nitrogens with zero attached hydrogens (tertiary/aromatic N) is 1. The van der Waals surface area contributed by atoms with E-state index in [-0.39, 0.29) is 17.9 Å². The fraction of sp³-hybridized carbons (Fsp3) is 0.647. The second kappa shape index (κ2) is 9.45. The lowest BCUT2D eigenvalue weighted by Gasteiger charge is -2.28. The second-order valence-electron chi connectivity index (χ2n) is 5.83. The summed E-state index contributed by atoms with van der Waals surface area (Å²) in [5, 5.41) is 3.32. The Morgan fingerprint density at radius 1 is 1.35 bits per heavy atom. The lowest BCUT2D eigenvalue weighted by Crippen LogP contribution is -2.31. The van der Waals surface area contributed by atoms with Gasteiger partial charge < -0.3 is 14.8 Å². The van der Waals surface area contributed by atoms with Gasteiger partial charge in [0.2, 0.25) is 5.88 Å². The van der Waals surface area contributed by atoms with Crippen molar-refractivity contribution in [1.29, 1.82) is 0 Å². The third-order valence-electron chi connectivity index (χ3n) is 4.03. The molecule has 0 atom stereocenters. The molecule has 0 aliphatic heterocycles. The fourth-order valence-electron chi connectivity index (χ4n) is 2.79. The number of nitrogens with one attached hydrogen (secondary N) is 1. The number of pyridine rings is 1. The number of hydrogen-bond donors (Lipinski definition) is 1. The Labute approximate surface area is 136 Å². The zero-order valence-electron chi connectivity index (χ0n) is 13.6. The SMILES string of the molecule is CCOC(=O)CCNCC1CCC(Oc2ccc(F)cn2)CC1. The van der Waals surface area contributed by atoms with Crippen LogP contribution in [0.5, 0.6) is 5.88 Å². The van der Waals surface area contributed by atoms with E-state index in [2.05, 4.69) is 10.3 Å². The van der Waals surface area contributed by atoms with E-state index >= 15 is 0 Å². The Hall–Kier alpha value is -1.69. The van der Waals surface area contributed by atoms with Crippen molar-refractivity contribution < 1.29 is 18.7 Å². The molecular weight excluding hydrogens is 299 g/mol. The minimum atomic E-state index is -0.352. The van der Waals surface area contributed by atoms with Crippen LogP contribution in [0, 0.1) is 11.7 Å². The van der Waals surface area contributed by atoms with Crippen LogP contribution in [0.15, 0.2) is 18.3 Å². The van der Waals surface area contributed by atoms with Crippen LogP contribution in [-0.4, -0.2) is 36.8 Å². The summed E-state index contributed by atoms with van der Waals surface area (Å²) in [4.78, 5) is 15.2. The molecule has 0 radical (unpaired) electrons. The van der Waals surface area contributed by atoms with Crippen molar-refractivity contribution >= 4 is 5.97 Å². The molecule has 0 amide bonds. The molecule has 5 nitrogen and oxygen atoms in total. The Kier molecular flexibility index (Phi) is 7.26. The van der Waals surface area contributed by atoms with Gasteiger partial charge in [-0.1, -0.05) is 0 Å². The molecule has 1 aliphatic rings. The quantitative estimate of drug-likeness (QED) is 0.588. The summed E-state index contributed by atoms with van der Waals surface area (Å²) in [7, 11) is 0. The molecular formula is C17H25FN2O3. The van der Waals surface area contributed by atoms with Crippen LogP contribution in [0.1, 0.15) is 39.0 Å². The molecule has 0 unspecified atom stereocenters. The standard InChI is InChI=1S/C17H25FN2O3/c1-2-22-17(21)9-10-19-11-13-3-6-15(7-4-13)23-16-8-5-14(18)12-20-16/h5,8,12-13,15,19H,2-4,6-7,9-11H2,1H3. The highest BCUT2D eigenvalue weighted by Gasteiger charge is 2.22. The minimum Gasteiger partial charge on any atom is -0.474 e. The van der Waals surface area contributed by atoms with Gasteiger partial charge in [0, 0.05) is 12.6 Å². The molecule has 0 bridgehead atoms. The second-order valence-corrected chi connectivity index (χ2v) is 5.83. The summed E-state index contributed by atoms with van der Waals surface area (Å²) >= 11 is 0. The monoisotopic (exact) mass is 324 g/mol. The molecule has 1 aromatic heterocycles. The van der Waals surface area contributed by atoms with E-state index in [1.807, 2.05) is 6.92 Å². The number of hydrogen-bond acceptors (Lipinski definition) is 5. The molecule has 0 aromatic carbocycles. The van der Waals surface area contributed by atoms with Crippen molar-refractivity contribution in [3.05, 3.63) is 24.1 Å². The number of esters is 1. The van der Waals surface area contributed by atoms with Crippen LogP contribution >= 0.6 is 0 Å². The van der Waals surface area contributed by atoms with E-state index in [1.165, 1.54) is 12.3 Å². The van der Waals surface area contributed by atoms with Gasteiger partial charge in [-0.2, -0.15) is 0 Å². The first-order valence-electron chi connectivity index (χ1n) is 8.32. The first kappa shape index (κ1) is 17.7. The molecule has 0 spiro atoms. The average molecular weight is 324 g/mol. The molecule has 1 aliphatic carbocycles. The maximum Gasteiger partial charge on any atom is 0.307 e. The molecule has 1 N–H and O–H groups in total. The van der Waals surface area contributed by atoms with Gasteiger partial charge in [0.05, 0.1) is 19.2 Å². The largest absolute Gasteiger partial charge is 0.474 e. The minimum absolute atomic E-state index is 0.149. The number of aromatic nitrogens is 1. The maximum absolute atomic E-state index is 12.8. The molecule has 1 saturated carbocycles. The third-order valence-corrected chi connectivity index (χ3v) is 4.03. The molecule has 6 heteroatoms. The fourth-order valence-corrected chi connectivity index (χ4v) is 2.79. The smallest absolute Gasteiger partial charge is 0.307 e. The van der Waals surface area contributed by atoms with Gasteiger partial charge in [0.15, 0.2) is 0 Å². The van der Waals surface area contributed by atoms with Crippen LogP contribution in [-0.2, 0) is 9.53 Å². The lowest BCUT2D eigenvalue weighted by atomic mass is 9.87. The average Bonchev–Trinajstić information content (AvgIpc) is 2.55. The zero-order chi connectivity index (χ0) is 16.5. The van der Waals surface area contributed by atoms with Gasteiger partial charge in [-0.25, -0.2) is 9.37 Å². The molecule has 0 saturated heterocycles. The van der Waals surface area contributed by atoms with Crippen LogP contribution in [0.4, 0.5) is 4.39 Å². The molecule has 23 heavy (non-hydrogen) atoms. The van der Waals surface area contributed by atoms with E-state index in [0.29, 0.717) is 31.4 Å². The maximum atomic E-state index is 12.8. The normalized spacial score (nSPS) is 21.0. The predicted molar refractivity (Wildman–Crippen MR) is 84.7 cm³/mol. The summed E-state index contributed by atoms with van der Waals surface area (Å²) in [5.74, 6) is 0.597. The highest BCUT2D eigenvalue weighted by molar-refractivity contribution is 5.69. The van der Waals surface area contributed by atoms with E-state index in [4.69, 9.17) is 9.47 Å². The van der Waals surface area contributed by atoms with Crippen molar-refractivity contribution in [2.75, 3.05) is 19.7 Å². The Bertz CT molecular complexity index is 473. The number of carbonyl (C=O) groups is 1. The van der Waals surface area contributed by atoms with E-state index in [0.717, 1.165) is 32.2 Å². The van der Waals surface area contributed by atoms with Gasteiger partial charge in [-0.05, 0) is 51.1 Å². The van der Waals surface area contributed by atoms with Crippen molar-refractivity contribution in [1.82, 2.24) is 10.3 Å². The predicted octanol–water partition coefficient (Wildman–Crippen LogP) is 2.70. The Morgan fingerprint density at radius 2 is 2.13 bits per heavy atom. The summed E-state index contributed by atoms with van der Waals surface area (Å²) < 4.78 is 23.5. The van der Waals surface area contributed by atoms with Gasteiger partial charge >= 0.3 is 5.97 Å². The highest BCUT2D eigenvalue weighted by Crippen LogP contribution is 2.26. The van der Waals surface area contributed by atoms with E-state index < -0.39 is 0 Å². The van der Waals surface area contributed by atoms with E-state index in [1.54, 1.807) is 6.07 Å². The van der Waals surface area contributed by atoms with Gasteiger partial charge in [0.25, 0.3) is 0 Å². The summed E-state index contributed by atoms with van der Waals surface area (Å²) in [5.41, 5.74) is 0. The van der Waals surface area contributed by atoms with Gasteiger partial charge in [0.1, 0.15) is 11.9 Å². The first-order valence-corrected chi connectivity index (χ1v) is 8.32. The summed E-state index contributed by atoms with van der Waals surface area (Å²) in [6.07, 6.45) is 5.86. The van der Waals surface area contributed by atoms with Crippen molar-refractivity contribution in [3.8, 4) is 5.88 Å².